The summed E-state index contributed by atoms with van der Waals surface area (Å²) < 4.78 is 8.80. The zero-order chi connectivity index (χ0) is 44.9. The maximum absolute atomic E-state index is 14.9. The smallest absolute Gasteiger partial charge is 0.318 e. The van der Waals surface area contributed by atoms with Crippen LogP contribution in [-0.4, -0.2) is 72.3 Å². The number of aromatic nitrogens is 3. The van der Waals surface area contributed by atoms with Crippen LogP contribution in [0.4, 0.5) is 4.79 Å². The van der Waals surface area contributed by atoms with E-state index in [9.17, 15) is 24.3 Å². The Morgan fingerprint density at radius 1 is 0.742 bits per heavy atom. The summed E-state index contributed by atoms with van der Waals surface area (Å²) in [5.41, 5.74) is 0.848. The van der Waals surface area contributed by atoms with Crippen molar-refractivity contribution in [2.24, 2.45) is 62.6 Å². The van der Waals surface area contributed by atoms with Crippen LogP contribution in [0.15, 0.2) is 11.1 Å². The number of ether oxygens (including phenoxy) is 1. The summed E-state index contributed by atoms with van der Waals surface area (Å²) in [5.74, 6) is 1.72. The first-order valence-electron chi connectivity index (χ1n) is 24.7. The Bertz CT molecular complexity index is 2070. The monoisotopic (exact) mass is 856 g/mol. The molecule has 3 heterocycles. The Morgan fingerprint density at radius 3 is 2.03 bits per heavy atom. The van der Waals surface area contributed by atoms with E-state index in [2.05, 4.69) is 94.2 Å². The molecule has 13 atom stereocenters. The Morgan fingerprint density at radius 2 is 1.42 bits per heavy atom. The molecule has 2 N–H and O–H groups in total. The van der Waals surface area contributed by atoms with E-state index in [0.717, 1.165) is 94.3 Å². The first kappa shape index (κ1) is 44.0. The lowest BCUT2D eigenvalue weighted by molar-refractivity contribution is -0.235. The van der Waals surface area contributed by atoms with Crippen LogP contribution in [0.5, 0.6) is 0 Å². The highest BCUT2D eigenvalue weighted by molar-refractivity contribution is 6.02. The standard InChI is InChI=1S/C51H77N5O6/c1-27(2)40-36(57)26-51(52-45(61)56-30-13-14-31(56)24-32(23-30)55-29(5)53-54-42(55)28(3)4)22-21-49(11)33(41(40)51)15-16-38-48(10)19-18-39(47(8,9)37(48)17-20-50(38,49)12)62-44(60)35-25-34(43(58)59)46(35,6)7/h27-28,30-35,37-39H,13-26H2,1-12H3,(H,52,61)(H,58,59)/t30-,31+,32+,33-,34+,35-,37+,38-,39+,48+,49-,50-,51-/m1/s1. The third kappa shape index (κ3) is 5.98. The number of carboxylic acids is 1. The van der Waals surface area contributed by atoms with Crippen molar-refractivity contribution >= 4 is 23.8 Å². The van der Waals surface area contributed by atoms with Crippen molar-refractivity contribution in [1.82, 2.24) is 25.0 Å². The molecule has 0 spiro atoms. The lowest BCUT2D eigenvalue weighted by atomic mass is 9.33. The van der Waals surface area contributed by atoms with Crippen molar-refractivity contribution in [3.63, 3.8) is 0 Å². The van der Waals surface area contributed by atoms with Crippen LogP contribution < -0.4 is 5.32 Å². The first-order valence-corrected chi connectivity index (χ1v) is 24.7. The molecule has 0 unspecified atom stereocenters. The van der Waals surface area contributed by atoms with Crippen LogP contribution in [0.1, 0.15) is 190 Å². The fraction of sp³-hybridized carbons (Fsp3) is 0.843. The highest BCUT2D eigenvalue weighted by Crippen LogP contribution is 2.76. The number of aryl methyl sites for hydroxylation is 1. The van der Waals surface area contributed by atoms with Gasteiger partial charge in [0.25, 0.3) is 0 Å². The van der Waals surface area contributed by atoms with Gasteiger partial charge >= 0.3 is 18.0 Å². The van der Waals surface area contributed by atoms with Gasteiger partial charge in [-0.2, -0.15) is 0 Å². The van der Waals surface area contributed by atoms with Gasteiger partial charge in [0, 0.05) is 35.9 Å². The number of esters is 1. The minimum absolute atomic E-state index is 0.0228. The van der Waals surface area contributed by atoms with Crippen molar-refractivity contribution in [2.75, 3.05) is 0 Å². The molecule has 342 valence electrons. The van der Waals surface area contributed by atoms with E-state index >= 15 is 0 Å². The van der Waals surface area contributed by atoms with Crippen molar-refractivity contribution < 1.29 is 29.0 Å². The second-order valence-corrected chi connectivity index (χ2v) is 24.5. The van der Waals surface area contributed by atoms with E-state index < -0.39 is 22.8 Å². The predicted molar refractivity (Wildman–Crippen MR) is 237 cm³/mol. The summed E-state index contributed by atoms with van der Waals surface area (Å²) in [6.45, 7) is 26.9. The van der Waals surface area contributed by atoms with Crippen molar-refractivity contribution in [3.05, 3.63) is 22.8 Å². The van der Waals surface area contributed by atoms with Gasteiger partial charge < -0.3 is 24.6 Å². The number of aliphatic carboxylic acids is 1. The zero-order valence-electron chi connectivity index (χ0n) is 40.0. The molecule has 11 heteroatoms. The molecule has 9 rings (SSSR count). The number of rotatable bonds is 7. The summed E-state index contributed by atoms with van der Waals surface area (Å²) in [7, 11) is 0. The number of amides is 2. The lowest BCUT2D eigenvalue weighted by Crippen LogP contribution is -2.68. The normalized spacial score (nSPS) is 42.8. The fourth-order valence-electron chi connectivity index (χ4n) is 17.1. The van der Waals surface area contributed by atoms with E-state index in [4.69, 9.17) is 4.74 Å². The number of piperidine rings is 1. The van der Waals surface area contributed by atoms with Crippen LogP contribution in [0, 0.1) is 69.5 Å². The third-order valence-corrected chi connectivity index (χ3v) is 20.5. The second-order valence-electron chi connectivity index (χ2n) is 24.5. The molecule has 1 aromatic heterocycles. The predicted octanol–water partition coefficient (Wildman–Crippen LogP) is 9.98. The van der Waals surface area contributed by atoms with Gasteiger partial charge in [-0.15, -0.1) is 10.2 Å². The van der Waals surface area contributed by atoms with E-state index in [1.54, 1.807) is 0 Å². The number of nitrogens with one attached hydrogen (secondary N) is 1. The van der Waals surface area contributed by atoms with Gasteiger partial charge in [-0.3, -0.25) is 14.4 Å². The molecule has 2 aliphatic heterocycles. The average molecular weight is 856 g/mol. The lowest BCUT2D eigenvalue weighted by Gasteiger charge is -2.72. The van der Waals surface area contributed by atoms with Gasteiger partial charge in [0.15, 0.2) is 5.78 Å². The number of nitrogens with zero attached hydrogens (tertiary/aromatic N) is 4. The number of urea groups is 1. The molecule has 7 fully saturated rings. The third-order valence-electron chi connectivity index (χ3n) is 20.5. The number of allylic oxidation sites excluding steroid dienone is 1. The maximum Gasteiger partial charge on any atom is 0.318 e. The molecule has 11 nitrogen and oxygen atoms in total. The van der Waals surface area contributed by atoms with Gasteiger partial charge in [0.1, 0.15) is 17.8 Å². The topological polar surface area (TPSA) is 144 Å². The fourth-order valence-corrected chi connectivity index (χ4v) is 17.1. The SMILES string of the molecule is Cc1nnc(C(C)C)n1[C@H]1C[C@H]2CC[C@@H](C1)N2C(=O)N[C@@]12CC[C@]3(C)[C@H](CC[C@@H]4[C@@]5(C)CC[C@H](OC(=O)[C@H]6C[C@@H](C(=O)O)C6(C)C)C(C)(C)[C@@H]5CC[C@]43C)C1=C(C(C)C)C(=O)C2. The van der Waals surface area contributed by atoms with E-state index in [1.165, 1.54) is 5.57 Å². The van der Waals surface area contributed by atoms with Crippen LogP contribution in [-0.2, 0) is 19.1 Å². The number of hydrogen-bond acceptors (Lipinski definition) is 7. The highest BCUT2D eigenvalue weighted by atomic mass is 16.5. The van der Waals surface area contributed by atoms with Crippen molar-refractivity contribution in [1.29, 1.82) is 0 Å². The molecule has 2 amide bonds. The number of carbonyl (C=O) groups is 4. The molecule has 8 aliphatic rings. The molecular weight excluding hydrogens is 779 g/mol. The zero-order valence-corrected chi connectivity index (χ0v) is 40.0. The van der Waals surface area contributed by atoms with Crippen molar-refractivity contribution in [3.8, 4) is 0 Å². The van der Waals surface area contributed by atoms with Gasteiger partial charge in [-0.05, 0) is 147 Å². The highest BCUT2D eigenvalue weighted by Gasteiger charge is 2.71. The number of ketones is 1. The summed E-state index contributed by atoms with van der Waals surface area (Å²) in [6, 6.07) is 0.616. The molecule has 0 aromatic carbocycles. The quantitative estimate of drug-likeness (QED) is 0.258. The van der Waals surface area contributed by atoms with Gasteiger partial charge in [-0.1, -0.05) is 76.2 Å². The first-order chi connectivity index (χ1) is 28.9. The molecule has 0 radical (unpaired) electrons. The number of carboxylic acid groups (broad SMARTS) is 1. The Balaban J connectivity index is 0.955. The maximum atomic E-state index is 14.9. The number of Topliss-reactive ketones (excluding diaryl/α,β-unsaturated/α-hetero) is 1. The molecule has 62 heavy (non-hydrogen) atoms. The Labute approximate surface area is 370 Å². The Hall–Kier alpha value is -3.24. The molecule has 2 saturated heterocycles. The van der Waals surface area contributed by atoms with Crippen molar-refractivity contribution in [2.45, 2.75) is 209 Å². The van der Waals surface area contributed by atoms with Gasteiger partial charge in [0.05, 0.1) is 17.4 Å². The second kappa shape index (κ2) is 14.4. The molecule has 1 aromatic rings. The van der Waals surface area contributed by atoms with Gasteiger partial charge in [-0.25, -0.2) is 4.79 Å². The summed E-state index contributed by atoms with van der Waals surface area (Å²) in [4.78, 5) is 57.0. The van der Waals surface area contributed by atoms with E-state index in [-0.39, 0.29) is 87.3 Å². The Kier molecular flexibility index (Phi) is 10.2. The minimum Gasteiger partial charge on any atom is -0.481 e. The van der Waals surface area contributed by atoms with Crippen LogP contribution >= 0.6 is 0 Å². The van der Waals surface area contributed by atoms with Gasteiger partial charge in [0.2, 0.25) is 0 Å². The molecule has 6 aliphatic carbocycles. The van der Waals surface area contributed by atoms with E-state index in [1.807, 2.05) is 13.8 Å². The molecular formula is C51H77N5O6. The van der Waals surface area contributed by atoms with Crippen LogP contribution in [0.25, 0.3) is 0 Å². The number of carbonyl (C=O) groups excluding carboxylic acids is 3. The van der Waals surface area contributed by atoms with Crippen LogP contribution in [0.2, 0.25) is 0 Å². The number of fused-ring (bicyclic) bond motifs is 9. The summed E-state index contributed by atoms with van der Waals surface area (Å²) in [6.07, 6.45) is 12.2. The molecule has 2 bridgehead atoms. The van der Waals surface area contributed by atoms with Crippen LogP contribution in [0.3, 0.4) is 0 Å². The van der Waals surface area contributed by atoms with E-state index in [0.29, 0.717) is 24.7 Å². The minimum atomic E-state index is -0.829. The largest absolute Gasteiger partial charge is 0.481 e. The summed E-state index contributed by atoms with van der Waals surface area (Å²) in [5, 5.41) is 22.4. The average Bonchev–Trinajstić information content (AvgIpc) is 3.80. The molecule has 5 saturated carbocycles. The summed E-state index contributed by atoms with van der Waals surface area (Å²) >= 11 is 0. The number of hydrogen-bond donors (Lipinski definition) is 2.